The van der Waals surface area contributed by atoms with Crippen molar-refractivity contribution in [3.05, 3.63) is 51.6 Å². The molecule has 0 aliphatic rings. The fourth-order valence-electron chi connectivity index (χ4n) is 2.15. The lowest BCUT2D eigenvalue weighted by Crippen LogP contribution is -2.28. The van der Waals surface area contributed by atoms with E-state index in [-0.39, 0.29) is 11.6 Å². The number of H-pyrrole nitrogens is 1. The first kappa shape index (κ1) is 15.0. The van der Waals surface area contributed by atoms with E-state index in [4.69, 9.17) is 0 Å². The Bertz CT molecular complexity index is 720. The largest absolute Gasteiger partial charge is 0.351 e. The number of nitrogens with one attached hydrogen (secondary N) is 2. The Morgan fingerprint density at radius 2 is 2.05 bits per heavy atom. The number of carbonyl (C=O) groups excluding carboxylic acids is 1. The molecule has 0 unspecified atom stereocenters. The second-order valence-corrected chi connectivity index (χ2v) is 5.06. The van der Waals surface area contributed by atoms with Crippen LogP contribution in [-0.2, 0) is 0 Å². The van der Waals surface area contributed by atoms with Gasteiger partial charge < -0.3 is 10.3 Å². The Balaban J connectivity index is 2.43. The standard InChI is InChI=1S/C16H19N3O2/c1-4-7-17-15(20)14-9-13(18-16(21)19-14)12-6-5-10(2)8-11(12)3/h5-6,8-9H,4,7H2,1-3H3,(H,17,20)(H,18,19,21). The van der Waals surface area contributed by atoms with Gasteiger partial charge in [-0.1, -0.05) is 30.7 Å². The maximum atomic E-state index is 12.0. The molecule has 0 atom stereocenters. The lowest BCUT2D eigenvalue weighted by atomic mass is 10.0. The predicted molar refractivity (Wildman–Crippen MR) is 82.4 cm³/mol. The molecule has 0 spiro atoms. The maximum Gasteiger partial charge on any atom is 0.346 e. The molecule has 0 saturated carbocycles. The Kier molecular flexibility index (Phi) is 4.52. The summed E-state index contributed by atoms with van der Waals surface area (Å²) in [4.78, 5) is 30.1. The van der Waals surface area contributed by atoms with E-state index in [1.54, 1.807) is 6.07 Å². The number of carbonyl (C=O) groups is 1. The Hall–Kier alpha value is -2.43. The molecule has 110 valence electrons. The van der Waals surface area contributed by atoms with Crippen molar-refractivity contribution in [2.24, 2.45) is 0 Å². The third kappa shape index (κ3) is 3.56. The summed E-state index contributed by atoms with van der Waals surface area (Å²) in [6, 6.07) is 7.52. The molecule has 1 aromatic heterocycles. The van der Waals surface area contributed by atoms with Crippen molar-refractivity contribution in [2.75, 3.05) is 6.54 Å². The number of hydrogen-bond acceptors (Lipinski definition) is 3. The minimum absolute atomic E-state index is 0.235. The van der Waals surface area contributed by atoms with Crippen LogP contribution in [0, 0.1) is 13.8 Å². The van der Waals surface area contributed by atoms with Gasteiger partial charge in [-0.05, 0) is 31.9 Å². The first-order chi connectivity index (χ1) is 10.0. The quantitative estimate of drug-likeness (QED) is 0.904. The normalized spacial score (nSPS) is 10.4. The number of nitrogens with zero attached hydrogens (tertiary/aromatic N) is 1. The van der Waals surface area contributed by atoms with Gasteiger partial charge in [0.05, 0.1) is 5.69 Å². The summed E-state index contributed by atoms with van der Waals surface area (Å²) >= 11 is 0. The van der Waals surface area contributed by atoms with E-state index < -0.39 is 5.69 Å². The van der Waals surface area contributed by atoms with Crippen LogP contribution in [0.5, 0.6) is 0 Å². The van der Waals surface area contributed by atoms with E-state index in [0.717, 1.165) is 23.1 Å². The Morgan fingerprint density at radius 3 is 2.71 bits per heavy atom. The second kappa shape index (κ2) is 6.35. The van der Waals surface area contributed by atoms with Gasteiger partial charge >= 0.3 is 5.69 Å². The summed E-state index contributed by atoms with van der Waals surface area (Å²) < 4.78 is 0. The summed E-state index contributed by atoms with van der Waals surface area (Å²) in [5.41, 5.74) is 3.25. The van der Waals surface area contributed by atoms with Gasteiger partial charge in [0.15, 0.2) is 0 Å². The van der Waals surface area contributed by atoms with E-state index in [1.165, 1.54) is 0 Å². The monoisotopic (exact) mass is 285 g/mol. The molecule has 2 N–H and O–H groups in total. The number of benzene rings is 1. The molecule has 1 aromatic carbocycles. The highest BCUT2D eigenvalue weighted by molar-refractivity contribution is 5.93. The van der Waals surface area contributed by atoms with Crippen molar-refractivity contribution < 1.29 is 4.79 Å². The molecule has 21 heavy (non-hydrogen) atoms. The van der Waals surface area contributed by atoms with Crippen molar-refractivity contribution in [1.82, 2.24) is 15.3 Å². The van der Waals surface area contributed by atoms with Gasteiger partial charge in [0.2, 0.25) is 0 Å². The van der Waals surface area contributed by atoms with Gasteiger partial charge in [-0.2, -0.15) is 4.98 Å². The fraction of sp³-hybridized carbons (Fsp3) is 0.312. The van der Waals surface area contributed by atoms with Crippen LogP contribution in [0.25, 0.3) is 11.3 Å². The zero-order chi connectivity index (χ0) is 15.4. The SMILES string of the molecule is CCCNC(=O)c1cc(-c2ccc(C)cc2C)nc(=O)[nH]1. The van der Waals surface area contributed by atoms with Crippen LogP contribution in [0.15, 0.2) is 29.1 Å². The van der Waals surface area contributed by atoms with Crippen LogP contribution in [0.3, 0.4) is 0 Å². The van der Waals surface area contributed by atoms with Gasteiger partial charge in [0.25, 0.3) is 5.91 Å². The second-order valence-electron chi connectivity index (χ2n) is 5.06. The first-order valence-corrected chi connectivity index (χ1v) is 6.98. The van der Waals surface area contributed by atoms with E-state index in [9.17, 15) is 9.59 Å². The van der Waals surface area contributed by atoms with Gasteiger partial charge in [0.1, 0.15) is 5.69 Å². The Labute approximate surface area is 123 Å². The molecule has 0 saturated heterocycles. The average molecular weight is 285 g/mol. The van der Waals surface area contributed by atoms with Crippen LogP contribution >= 0.6 is 0 Å². The van der Waals surface area contributed by atoms with Crippen molar-refractivity contribution in [3.63, 3.8) is 0 Å². The molecule has 2 aromatic rings. The van der Waals surface area contributed by atoms with Gasteiger partial charge in [0, 0.05) is 12.1 Å². The molecule has 2 rings (SSSR count). The maximum absolute atomic E-state index is 12.0. The number of aromatic amines is 1. The zero-order valence-corrected chi connectivity index (χ0v) is 12.5. The van der Waals surface area contributed by atoms with Crippen LogP contribution < -0.4 is 11.0 Å². The Morgan fingerprint density at radius 1 is 1.29 bits per heavy atom. The van der Waals surface area contributed by atoms with Crippen LogP contribution in [-0.4, -0.2) is 22.4 Å². The summed E-state index contributed by atoms with van der Waals surface area (Å²) in [5.74, 6) is -0.289. The molecule has 5 heteroatoms. The van der Waals surface area contributed by atoms with Crippen molar-refractivity contribution >= 4 is 5.91 Å². The van der Waals surface area contributed by atoms with E-state index in [1.807, 2.05) is 39.0 Å². The molecule has 0 bridgehead atoms. The third-order valence-electron chi connectivity index (χ3n) is 3.18. The molecule has 1 amide bonds. The average Bonchev–Trinajstić information content (AvgIpc) is 2.44. The van der Waals surface area contributed by atoms with E-state index in [2.05, 4.69) is 15.3 Å². The van der Waals surface area contributed by atoms with Crippen LogP contribution in [0.2, 0.25) is 0 Å². The van der Waals surface area contributed by atoms with Crippen LogP contribution in [0.4, 0.5) is 0 Å². The van der Waals surface area contributed by atoms with Gasteiger partial charge in [-0.25, -0.2) is 4.79 Å². The fourth-order valence-corrected chi connectivity index (χ4v) is 2.15. The van der Waals surface area contributed by atoms with Crippen molar-refractivity contribution in [1.29, 1.82) is 0 Å². The van der Waals surface area contributed by atoms with Crippen LogP contribution in [0.1, 0.15) is 35.0 Å². The number of rotatable bonds is 4. The molecule has 0 aliphatic heterocycles. The smallest absolute Gasteiger partial charge is 0.346 e. The van der Waals surface area contributed by atoms with E-state index >= 15 is 0 Å². The highest BCUT2D eigenvalue weighted by atomic mass is 16.2. The van der Waals surface area contributed by atoms with Crippen molar-refractivity contribution in [2.45, 2.75) is 27.2 Å². The first-order valence-electron chi connectivity index (χ1n) is 6.98. The number of amides is 1. The zero-order valence-electron chi connectivity index (χ0n) is 12.5. The topological polar surface area (TPSA) is 74.8 Å². The van der Waals surface area contributed by atoms with Gasteiger partial charge in [-0.3, -0.25) is 4.79 Å². The van der Waals surface area contributed by atoms with Gasteiger partial charge in [-0.15, -0.1) is 0 Å². The highest BCUT2D eigenvalue weighted by Crippen LogP contribution is 2.21. The molecular formula is C16H19N3O2. The summed E-state index contributed by atoms with van der Waals surface area (Å²) in [5, 5.41) is 2.74. The third-order valence-corrected chi connectivity index (χ3v) is 3.18. The minimum Gasteiger partial charge on any atom is -0.351 e. The molecule has 5 nitrogen and oxygen atoms in total. The summed E-state index contributed by atoms with van der Waals surface area (Å²) in [6.07, 6.45) is 0.838. The minimum atomic E-state index is -0.519. The van der Waals surface area contributed by atoms with Crippen molar-refractivity contribution in [3.8, 4) is 11.3 Å². The molecular weight excluding hydrogens is 266 g/mol. The molecule has 1 heterocycles. The lowest BCUT2D eigenvalue weighted by molar-refractivity contribution is 0.0948. The predicted octanol–water partition coefficient (Wildman–Crippen LogP) is 2.19. The number of hydrogen-bond donors (Lipinski definition) is 2. The summed E-state index contributed by atoms with van der Waals surface area (Å²) in [6.45, 7) is 6.51. The lowest BCUT2D eigenvalue weighted by Gasteiger charge is -2.08. The molecule has 0 radical (unpaired) electrons. The molecule has 0 aliphatic carbocycles. The summed E-state index contributed by atoms with van der Waals surface area (Å²) in [7, 11) is 0. The number of aryl methyl sites for hydroxylation is 2. The number of aromatic nitrogens is 2. The van der Waals surface area contributed by atoms with E-state index in [0.29, 0.717) is 12.2 Å². The highest BCUT2D eigenvalue weighted by Gasteiger charge is 2.11. The molecule has 0 fully saturated rings.